The third kappa shape index (κ3) is 6.10. The van der Waals surface area contributed by atoms with Crippen LogP contribution in [-0.2, 0) is 6.54 Å². The van der Waals surface area contributed by atoms with Crippen molar-refractivity contribution in [3.63, 3.8) is 0 Å². The van der Waals surface area contributed by atoms with E-state index < -0.39 is 17.5 Å². The molecule has 0 saturated carbocycles. The molecular formula is C15H22F3N. The van der Waals surface area contributed by atoms with E-state index in [1.54, 1.807) is 0 Å². The van der Waals surface area contributed by atoms with Crippen LogP contribution >= 0.6 is 0 Å². The van der Waals surface area contributed by atoms with E-state index in [1.807, 2.05) is 0 Å². The maximum atomic E-state index is 13.3. The molecule has 0 spiro atoms. The van der Waals surface area contributed by atoms with Gasteiger partial charge >= 0.3 is 0 Å². The highest BCUT2D eigenvalue weighted by Crippen LogP contribution is 2.13. The average molecular weight is 273 g/mol. The molecule has 1 rings (SSSR count). The number of unbranched alkanes of at least 4 members (excludes halogenated alkanes) is 5. The number of benzene rings is 1. The SMILES string of the molecule is CCCCCCCCNCc1cc(F)c(F)cc1F. The van der Waals surface area contributed by atoms with Crippen LogP contribution < -0.4 is 5.32 Å². The number of rotatable bonds is 9. The Kier molecular flexibility index (Phi) is 7.56. The fourth-order valence-corrected chi connectivity index (χ4v) is 1.95. The van der Waals surface area contributed by atoms with Gasteiger partial charge in [-0.25, -0.2) is 13.2 Å². The first-order valence-corrected chi connectivity index (χ1v) is 6.99. The summed E-state index contributed by atoms with van der Waals surface area (Å²) in [6.07, 6.45) is 7.15. The molecule has 0 unspecified atom stereocenters. The van der Waals surface area contributed by atoms with Gasteiger partial charge in [-0.05, 0) is 19.0 Å². The zero-order chi connectivity index (χ0) is 14.1. The summed E-state index contributed by atoms with van der Waals surface area (Å²) in [5, 5.41) is 3.05. The third-order valence-corrected chi connectivity index (χ3v) is 3.11. The van der Waals surface area contributed by atoms with E-state index in [0.717, 1.165) is 25.5 Å². The molecule has 1 nitrogen and oxygen atoms in total. The fraction of sp³-hybridized carbons (Fsp3) is 0.600. The molecule has 108 valence electrons. The Bertz CT molecular complexity index is 380. The van der Waals surface area contributed by atoms with Gasteiger partial charge in [-0.1, -0.05) is 39.0 Å². The van der Waals surface area contributed by atoms with Gasteiger partial charge in [-0.2, -0.15) is 0 Å². The Morgan fingerprint density at radius 3 is 2.21 bits per heavy atom. The van der Waals surface area contributed by atoms with Gasteiger partial charge in [-0.3, -0.25) is 0 Å². The zero-order valence-corrected chi connectivity index (χ0v) is 11.4. The first-order chi connectivity index (χ1) is 9.15. The molecular weight excluding hydrogens is 251 g/mol. The lowest BCUT2D eigenvalue weighted by molar-refractivity contribution is 0.485. The van der Waals surface area contributed by atoms with Crippen LogP contribution in [0.4, 0.5) is 13.2 Å². The van der Waals surface area contributed by atoms with Crippen LogP contribution in [-0.4, -0.2) is 6.54 Å². The summed E-state index contributed by atoms with van der Waals surface area (Å²) in [5.74, 6) is -2.84. The Hall–Kier alpha value is -1.03. The molecule has 19 heavy (non-hydrogen) atoms. The van der Waals surface area contributed by atoms with Crippen molar-refractivity contribution in [1.29, 1.82) is 0 Å². The third-order valence-electron chi connectivity index (χ3n) is 3.11. The van der Waals surface area contributed by atoms with E-state index in [0.29, 0.717) is 6.07 Å². The Morgan fingerprint density at radius 1 is 0.842 bits per heavy atom. The van der Waals surface area contributed by atoms with Gasteiger partial charge < -0.3 is 5.32 Å². The van der Waals surface area contributed by atoms with Gasteiger partial charge in [-0.15, -0.1) is 0 Å². The molecule has 0 aliphatic heterocycles. The second-order valence-electron chi connectivity index (χ2n) is 4.80. The van der Waals surface area contributed by atoms with Crippen molar-refractivity contribution in [1.82, 2.24) is 5.32 Å². The fourth-order valence-electron chi connectivity index (χ4n) is 1.95. The van der Waals surface area contributed by atoms with Gasteiger partial charge in [0.1, 0.15) is 5.82 Å². The molecule has 0 aliphatic carbocycles. The van der Waals surface area contributed by atoms with E-state index in [1.165, 1.54) is 25.7 Å². The monoisotopic (exact) mass is 273 g/mol. The van der Waals surface area contributed by atoms with Crippen molar-refractivity contribution in [3.05, 3.63) is 35.1 Å². The first kappa shape index (κ1) is 16.0. The molecule has 0 radical (unpaired) electrons. The van der Waals surface area contributed by atoms with Gasteiger partial charge in [0, 0.05) is 18.2 Å². The second kappa shape index (κ2) is 8.97. The average Bonchev–Trinajstić information content (AvgIpc) is 2.38. The summed E-state index contributed by atoms with van der Waals surface area (Å²) < 4.78 is 39.0. The van der Waals surface area contributed by atoms with Crippen LogP contribution in [0.25, 0.3) is 0 Å². The number of hydrogen-bond donors (Lipinski definition) is 1. The van der Waals surface area contributed by atoms with E-state index in [9.17, 15) is 13.2 Å². The summed E-state index contributed by atoms with van der Waals surface area (Å²) in [6, 6.07) is 1.51. The lowest BCUT2D eigenvalue weighted by Crippen LogP contribution is -2.16. The van der Waals surface area contributed by atoms with Crippen LogP contribution in [0.3, 0.4) is 0 Å². The van der Waals surface area contributed by atoms with E-state index in [-0.39, 0.29) is 12.1 Å². The minimum absolute atomic E-state index is 0.171. The predicted octanol–water partition coefficient (Wildman–Crippen LogP) is 4.55. The molecule has 0 saturated heterocycles. The Labute approximate surface area is 113 Å². The summed E-state index contributed by atoms with van der Waals surface area (Å²) >= 11 is 0. The van der Waals surface area contributed by atoms with Crippen molar-refractivity contribution < 1.29 is 13.2 Å². The van der Waals surface area contributed by atoms with Crippen molar-refractivity contribution in [2.24, 2.45) is 0 Å². The largest absolute Gasteiger partial charge is 0.313 e. The highest BCUT2D eigenvalue weighted by atomic mass is 19.2. The molecule has 1 aromatic rings. The maximum Gasteiger partial charge on any atom is 0.161 e. The Morgan fingerprint density at radius 2 is 1.47 bits per heavy atom. The number of halogens is 3. The normalized spacial score (nSPS) is 10.9. The van der Waals surface area contributed by atoms with Crippen molar-refractivity contribution in [3.8, 4) is 0 Å². The van der Waals surface area contributed by atoms with Gasteiger partial charge in [0.2, 0.25) is 0 Å². The van der Waals surface area contributed by atoms with Crippen LogP contribution in [0.1, 0.15) is 51.0 Å². The standard InChI is InChI=1S/C15H22F3N/c1-2-3-4-5-6-7-8-19-11-12-9-14(17)15(18)10-13(12)16/h9-10,19H,2-8,11H2,1H3. The van der Waals surface area contributed by atoms with Gasteiger partial charge in [0.25, 0.3) is 0 Å². The summed E-state index contributed by atoms with van der Waals surface area (Å²) in [7, 11) is 0. The lowest BCUT2D eigenvalue weighted by Gasteiger charge is -2.06. The molecule has 0 bridgehead atoms. The summed E-state index contributed by atoms with van der Waals surface area (Å²) in [5.41, 5.74) is 0.171. The summed E-state index contributed by atoms with van der Waals surface area (Å²) in [6.45, 7) is 3.18. The van der Waals surface area contributed by atoms with Crippen molar-refractivity contribution in [2.45, 2.75) is 52.0 Å². The van der Waals surface area contributed by atoms with E-state index >= 15 is 0 Å². The van der Waals surface area contributed by atoms with Crippen molar-refractivity contribution >= 4 is 0 Å². The second-order valence-corrected chi connectivity index (χ2v) is 4.80. The molecule has 0 aromatic heterocycles. The van der Waals surface area contributed by atoms with E-state index in [2.05, 4.69) is 12.2 Å². The van der Waals surface area contributed by atoms with Crippen molar-refractivity contribution in [2.75, 3.05) is 6.54 Å². The number of hydrogen-bond acceptors (Lipinski definition) is 1. The van der Waals surface area contributed by atoms with Gasteiger partial charge in [0.05, 0.1) is 0 Å². The number of nitrogens with one attached hydrogen (secondary N) is 1. The van der Waals surface area contributed by atoms with Crippen LogP contribution in [0.5, 0.6) is 0 Å². The maximum absolute atomic E-state index is 13.3. The molecule has 1 aromatic carbocycles. The summed E-state index contributed by atoms with van der Waals surface area (Å²) in [4.78, 5) is 0. The first-order valence-electron chi connectivity index (χ1n) is 6.99. The molecule has 0 atom stereocenters. The molecule has 0 amide bonds. The molecule has 0 heterocycles. The molecule has 4 heteroatoms. The highest BCUT2D eigenvalue weighted by molar-refractivity contribution is 5.19. The van der Waals surface area contributed by atoms with Gasteiger partial charge in [0.15, 0.2) is 11.6 Å². The minimum atomic E-state index is -1.14. The molecule has 1 N–H and O–H groups in total. The smallest absolute Gasteiger partial charge is 0.161 e. The minimum Gasteiger partial charge on any atom is -0.313 e. The Balaban J connectivity index is 2.17. The predicted molar refractivity (Wildman–Crippen MR) is 71.4 cm³/mol. The van der Waals surface area contributed by atoms with E-state index in [4.69, 9.17) is 0 Å². The highest BCUT2D eigenvalue weighted by Gasteiger charge is 2.08. The van der Waals surface area contributed by atoms with Crippen LogP contribution in [0.15, 0.2) is 12.1 Å². The quantitative estimate of drug-likeness (QED) is 0.514. The molecule has 0 aliphatic rings. The van der Waals surface area contributed by atoms with Crippen LogP contribution in [0.2, 0.25) is 0 Å². The molecule has 0 fully saturated rings. The zero-order valence-electron chi connectivity index (χ0n) is 11.4. The topological polar surface area (TPSA) is 12.0 Å². The van der Waals surface area contributed by atoms with Crippen LogP contribution in [0, 0.1) is 17.5 Å². The lowest BCUT2D eigenvalue weighted by atomic mass is 10.1.